The third kappa shape index (κ3) is 3.08. The Bertz CT molecular complexity index is 547. The predicted molar refractivity (Wildman–Crippen MR) is 70.0 cm³/mol. The maximum atomic E-state index is 13.2. The van der Waals surface area contributed by atoms with E-state index in [1.165, 1.54) is 11.3 Å². The number of nitrogens with one attached hydrogen (secondary N) is 1. The fourth-order valence-electron chi connectivity index (χ4n) is 1.65. The summed E-state index contributed by atoms with van der Waals surface area (Å²) in [6, 6.07) is 2.23. The van der Waals surface area contributed by atoms with Crippen molar-refractivity contribution in [2.24, 2.45) is 0 Å². The fraction of sp³-hybridized carbons (Fsp3) is 0.308. The van der Waals surface area contributed by atoms with E-state index in [0.717, 1.165) is 17.1 Å². The normalized spacial score (nSPS) is 11.8. The molecule has 2 rings (SSSR count). The molecule has 1 aromatic carbocycles. The molecule has 2 N–H and O–H groups in total. The van der Waals surface area contributed by atoms with E-state index in [2.05, 4.69) is 10.3 Å². The second-order valence-electron chi connectivity index (χ2n) is 4.72. The molecule has 3 nitrogen and oxygen atoms in total. The van der Waals surface area contributed by atoms with Crippen LogP contribution in [0.5, 0.6) is 5.75 Å². The number of phenols is 1. The number of phenolic OH excluding ortho intramolecular Hbond substituents is 1. The van der Waals surface area contributed by atoms with Crippen molar-refractivity contribution in [3.8, 4) is 5.75 Å². The number of rotatable bonds is 4. The molecule has 0 atom stereocenters. The maximum Gasteiger partial charge on any atom is 0.187 e. The number of hydrogen-bond acceptors (Lipinski definition) is 4. The third-order valence-electron chi connectivity index (χ3n) is 2.78. The molecule has 1 aromatic heterocycles. The summed E-state index contributed by atoms with van der Waals surface area (Å²) in [7, 11) is 0. The summed E-state index contributed by atoms with van der Waals surface area (Å²) in [5.41, 5.74) is 0.0383. The summed E-state index contributed by atoms with van der Waals surface area (Å²) < 4.78 is 26.4. The van der Waals surface area contributed by atoms with Gasteiger partial charge in [0, 0.05) is 18.1 Å². The van der Waals surface area contributed by atoms with Gasteiger partial charge in [0.25, 0.3) is 0 Å². The van der Waals surface area contributed by atoms with Crippen LogP contribution in [0, 0.1) is 11.6 Å². The molecule has 102 valence electrons. The monoisotopic (exact) mass is 284 g/mol. The molecule has 0 radical (unpaired) electrons. The Kier molecular flexibility index (Phi) is 3.82. The van der Waals surface area contributed by atoms with Crippen LogP contribution in [0.1, 0.15) is 24.4 Å². The van der Waals surface area contributed by atoms with Gasteiger partial charge in [-0.3, -0.25) is 0 Å². The Hall–Kier alpha value is -1.53. The second-order valence-corrected chi connectivity index (χ2v) is 5.62. The minimum absolute atomic E-state index is 0.278. The molecular weight excluding hydrogens is 270 g/mol. The van der Waals surface area contributed by atoms with Crippen LogP contribution in [0.3, 0.4) is 0 Å². The molecule has 1 heterocycles. The van der Waals surface area contributed by atoms with Crippen LogP contribution in [0.2, 0.25) is 0 Å². The molecule has 0 aliphatic heterocycles. The van der Waals surface area contributed by atoms with Crippen LogP contribution >= 0.6 is 11.3 Å². The summed E-state index contributed by atoms with van der Waals surface area (Å²) in [4.78, 5) is 4.22. The molecule has 0 saturated heterocycles. The number of benzene rings is 1. The molecule has 0 bridgehead atoms. The lowest BCUT2D eigenvalue weighted by Gasteiger charge is -2.24. The fourth-order valence-corrected chi connectivity index (χ4v) is 2.39. The zero-order valence-electron chi connectivity index (χ0n) is 10.6. The van der Waals surface area contributed by atoms with Crippen LogP contribution < -0.4 is 5.32 Å². The van der Waals surface area contributed by atoms with Gasteiger partial charge < -0.3 is 10.4 Å². The van der Waals surface area contributed by atoms with E-state index in [1.54, 1.807) is 6.20 Å². The van der Waals surface area contributed by atoms with Gasteiger partial charge in [0.15, 0.2) is 17.4 Å². The SMILES string of the molecule is CC(C)(NCc1cc(F)c(O)c(F)c1)c1nccs1. The van der Waals surface area contributed by atoms with Crippen molar-refractivity contribution >= 4 is 11.3 Å². The minimum atomic E-state index is -0.955. The van der Waals surface area contributed by atoms with E-state index in [4.69, 9.17) is 5.11 Å². The van der Waals surface area contributed by atoms with Crippen LogP contribution in [-0.2, 0) is 12.1 Å². The first kappa shape index (κ1) is 13.9. The third-order valence-corrected chi connectivity index (χ3v) is 3.87. The molecule has 0 spiro atoms. The van der Waals surface area contributed by atoms with Gasteiger partial charge in [0.05, 0.1) is 5.54 Å². The Balaban J connectivity index is 2.11. The Morgan fingerprint density at radius 3 is 2.47 bits per heavy atom. The van der Waals surface area contributed by atoms with E-state index in [1.807, 2.05) is 19.2 Å². The quantitative estimate of drug-likeness (QED) is 0.906. The highest BCUT2D eigenvalue weighted by atomic mass is 32.1. The molecule has 0 unspecified atom stereocenters. The van der Waals surface area contributed by atoms with Crippen molar-refractivity contribution in [3.05, 3.63) is 45.9 Å². The standard InChI is InChI=1S/C13H14F2N2OS/c1-13(2,12-16-3-4-19-12)17-7-8-5-9(14)11(18)10(15)6-8/h3-6,17-18H,7H2,1-2H3. The van der Waals surface area contributed by atoms with Crippen molar-refractivity contribution in [1.82, 2.24) is 10.3 Å². The number of aromatic nitrogens is 1. The molecule has 19 heavy (non-hydrogen) atoms. The van der Waals surface area contributed by atoms with E-state index in [0.29, 0.717) is 5.56 Å². The molecular formula is C13H14F2N2OS. The lowest BCUT2D eigenvalue weighted by molar-refractivity contribution is 0.386. The zero-order valence-corrected chi connectivity index (χ0v) is 11.4. The number of thiazole rings is 1. The minimum Gasteiger partial charge on any atom is -0.503 e. The molecule has 2 aromatic rings. The molecule has 0 aliphatic carbocycles. The van der Waals surface area contributed by atoms with E-state index < -0.39 is 17.4 Å². The average Bonchev–Trinajstić information content (AvgIpc) is 2.88. The summed E-state index contributed by atoms with van der Waals surface area (Å²) >= 11 is 1.51. The van der Waals surface area contributed by atoms with Gasteiger partial charge in [-0.1, -0.05) is 0 Å². The highest BCUT2D eigenvalue weighted by Gasteiger charge is 2.22. The molecule has 0 fully saturated rings. The number of aromatic hydroxyl groups is 1. The maximum absolute atomic E-state index is 13.2. The van der Waals surface area contributed by atoms with Crippen LogP contribution in [0.15, 0.2) is 23.7 Å². The molecule has 0 aliphatic rings. The van der Waals surface area contributed by atoms with E-state index >= 15 is 0 Å². The van der Waals surface area contributed by atoms with E-state index in [9.17, 15) is 8.78 Å². The highest BCUT2D eigenvalue weighted by molar-refractivity contribution is 7.09. The van der Waals surface area contributed by atoms with Gasteiger partial charge in [-0.05, 0) is 31.5 Å². The predicted octanol–water partition coefficient (Wildman–Crippen LogP) is 3.15. The van der Waals surface area contributed by atoms with Crippen LogP contribution in [0.4, 0.5) is 8.78 Å². The van der Waals surface area contributed by atoms with Crippen molar-refractivity contribution in [2.45, 2.75) is 25.9 Å². The largest absolute Gasteiger partial charge is 0.503 e. The lowest BCUT2D eigenvalue weighted by atomic mass is 10.1. The summed E-state index contributed by atoms with van der Waals surface area (Å²) in [5.74, 6) is -2.85. The zero-order chi connectivity index (χ0) is 14.0. The van der Waals surface area contributed by atoms with Crippen molar-refractivity contribution in [2.75, 3.05) is 0 Å². The summed E-state index contributed by atoms with van der Waals surface area (Å²) in [6.07, 6.45) is 1.71. The lowest BCUT2D eigenvalue weighted by Crippen LogP contribution is -2.35. The van der Waals surface area contributed by atoms with Gasteiger partial charge in [-0.15, -0.1) is 11.3 Å². The summed E-state index contributed by atoms with van der Waals surface area (Å²) in [5, 5.41) is 15.0. The molecule has 6 heteroatoms. The Morgan fingerprint density at radius 2 is 1.95 bits per heavy atom. The van der Waals surface area contributed by atoms with Crippen molar-refractivity contribution in [1.29, 1.82) is 0 Å². The highest BCUT2D eigenvalue weighted by Crippen LogP contribution is 2.24. The van der Waals surface area contributed by atoms with Gasteiger partial charge in [0.2, 0.25) is 0 Å². The van der Waals surface area contributed by atoms with Gasteiger partial charge in [-0.2, -0.15) is 0 Å². The van der Waals surface area contributed by atoms with Crippen LogP contribution in [0.25, 0.3) is 0 Å². The first-order valence-corrected chi connectivity index (χ1v) is 6.60. The van der Waals surface area contributed by atoms with Crippen molar-refractivity contribution in [3.63, 3.8) is 0 Å². The van der Waals surface area contributed by atoms with Gasteiger partial charge >= 0.3 is 0 Å². The molecule has 0 amide bonds. The van der Waals surface area contributed by atoms with Crippen molar-refractivity contribution < 1.29 is 13.9 Å². The number of hydrogen-bond donors (Lipinski definition) is 2. The van der Waals surface area contributed by atoms with Gasteiger partial charge in [-0.25, -0.2) is 13.8 Å². The average molecular weight is 284 g/mol. The first-order valence-electron chi connectivity index (χ1n) is 5.72. The molecule has 0 saturated carbocycles. The van der Waals surface area contributed by atoms with E-state index in [-0.39, 0.29) is 12.1 Å². The number of nitrogens with zero attached hydrogens (tertiary/aromatic N) is 1. The Morgan fingerprint density at radius 1 is 1.32 bits per heavy atom. The topological polar surface area (TPSA) is 45.1 Å². The smallest absolute Gasteiger partial charge is 0.187 e. The van der Waals surface area contributed by atoms with Crippen LogP contribution in [-0.4, -0.2) is 10.1 Å². The van der Waals surface area contributed by atoms with Gasteiger partial charge in [0.1, 0.15) is 5.01 Å². The number of halogens is 2. The second kappa shape index (κ2) is 5.22. The summed E-state index contributed by atoms with van der Waals surface area (Å²) in [6.45, 7) is 4.17. The first-order chi connectivity index (χ1) is 8.90. The Labute approximate surface area is 113 Å².